The smallest absolute Gasteiger partial charge is 0.259 e. The number of anilines is 1. The molecule has 1 saturated heterocycles. The second-order valence-electron chi connectivity index (χ2n) is 6.92. The van der Waals surface area contributed by atoms with Crippen LogP contribution in [-0.4, -0.2) is 39.3 Å². The number of nitrogens with one attached hydrogen (secondary N) is 1. The molecule has 0 spiro atoms. The summed E-state index contributed by atoms with van der Waals surface area (Å²) >= 11 is 0. The lowest BCUT2D eigenvalue weighted by Gasteiger charge is -2.18. The minimum absolute atomic E-state index is 0.181. The summed E-state index contributed by atoms with van der Waals surface area (Å²) in [5.41, 5.74) is 9.08. The quantitative estimate of drug-likeness (QED) is 0.550. The van der Waals surface area contributed by atoms with Crippen molar-refractivity contribution in [2.24, 2.45) is 5.73 Å². The van der Waals surface area contributed by atoms with E-state index in [-0.39, 0.29) is 24.8 Å². The Morgan fingerprint density at radius 2 is 1.96 bits per heavy atom. The predicted molar refractivity (Wildman–Crippen MR) is 104 cm³/mol. The van der Waals surface area contributed by atoms with Gasteiger partial charge in [0.25, 0.3) is 5.56 Å². The number of aliphatic hydroxyl groups is 2. The molecule has 4 rings (SSSR count). The highest BCUT2D eigenvalue weighted by atomic mass is 16.3. The molecule has 140 valence electrons. The Morgan fingerprint density at radius 3 is 2.59 bits per heavy atom. The average Bonchev–Trinajstić information content (AvgIpc) is 3.13. The minimum atomic E-state index is -0.307. The maximum atomic E-state index is 12.6. The second kappa shape index (κ2) is 7.11. The predicted octanol–water partition coefficient (Wildman–Crippen LogP) is 1.11. The minimum Gasteiger partial charge on any atom is -0.392 e. The van der Waals surface area contributed by atoms with Crippen LogP contribution in [0, 0.1) is 0 Å². The van der Waals surface area contributed by atoms with Gasteiger partial charge in [-0.25, -0.2) is 4.98 Å². The number of nitrogens with zero attached hydrogens (tertiary/aromatic N) is 2. The number of nitrogens with two attached hydrogens (primary N) is 1. The summed E-state index contributed by atoms with van der Waals surface area (Å²) in [6.45, 7) is 1.32. The molecule has 3 aromatic rings. The summed E-state index contributed by atoms with van der Waals surface area (Å²) in [6.07, 6.45) is 0.988. The summed E-state index contributed by atoms with van der Waals surface area (Å²) in [5, 5.41) is 19.3. The Bertz CT molecular complexity index is 1030. The Morgan fingerprint density at radius 1 is 1.19 bits per heavy atom. The molecule has 7 nitrogen and oxygen atoms in total. The normalized spacial score (nSPS) is 17.0. The van der Waals surface area contributed by atoms with E-state index in [1.807, 2.05) is 24.3 Å². The molecule has 2 aromatic carbocycles. The van der Waals surface area contributed by atoms with E-state index in [0.717, 1.165) is 30.8 Å². The molecule has 5 N–H and O–H groups in total. The van der Waals surface area contributed by atoms with Gasteiger partial charge in [0.05, 0.1) is 24.1 Å². The first kappa shape index (κ1) is 17.7. The van der Waals surface area contributed by atoms with Gasteiger partial charge in [-0.1, -0.05) is 6.07 Å². The monoisotopic (exact) mass is 366 g/mol. The molecule has 2 heterocycles. The highest BCUT2D eigenvalue weighted by Gasteiger charge is 2.19. The van der Waals surface area contributed by atoms with E-state index < -0.39 is 0 Å². The first-order valence-electron chi connectivity index (χ1n) is 8.97. The number of hydrogen-bond donors (Lipinski definition) is 4. The fourth-order valence-electron chi connectivity index (χ4n) is 3.62. The average molecular weight is 366 g/mol. The molecule has 27 heavy (non-hydrogen) atoms. The lowest BCUT2D eigenvalue weighted by Crippen LogP contribution is -2.26. The van der Waals surface area contributed by atoms with Crippen LogP contribution in [0.5, 0.6) is 0 Å². The first-order valence-corrected chi connectivity index (χ1v) is 8.97. The molecule has 1 fully saturated rings. The molecule has 0 saturated carbocycles. The number of rotatable bonds is 4. The van der Waals surface area contributed by atoms with Crippen LogP contribution < -0.4 is 16.2 Å². The van der Waals surface area contributed by atoms with Gasteiger partial charge in [-0.2, -0.15) is 0 Å². The van der Waals surface area contributed by atoms with Gasteiger partial charge >= 0.3 is 0 Å². The lowest BCUT2D eigenvalue weighted by molar-refractivity contribution is 0.276. The number of benzene rings is 2. The number of H-pyrrole nitrogens is 1. The van der Waals surface area contributed by atoms with Crippen molar-refractivity contribution in [3.8, 4) is 11.4 Å². The lowest BCUT2D eigenvalue weighted by atomic mass is 10.1. The summed E-state index contributed by atoms with van der Waals surface area (Å²) in [4.78, 5) is 22.2. The van der Waals surface area contributed by atoms with E-state index in [9.17, 15) is 15.0 Å². The molecule has 0 radical (unpaired) electrons. The van der Waals surface area contributed by atoms with Gasteiger partial charge in [0, 0.05) is 30.4 Å². The number of aliphatic hydroxyl groups excluding tert-OH is 2. The van der Waals surface area contributed by atoms with Crippen LogP contribution in [0.1, 0.15) is 17.5 Å². The number of aromatic nitrogens is 2. The van der Waals surface area contributed by atoms with Gasteiger partial charge in [0.2, 0.25) is 0 Å². The van der Waals surface area contributed by atoms with Crippen LogP contribution in [0.4, 0.5) is 5.69 Å². The number of fused-ring (bicyclic) bond motifs is 1. The topological polar surface area (TPSA) is 115 Å². The van der Waals surface area contributed by atoms with E-state index in [0.29, 0.717) is 27.9 Å². The van der Waals surface area contributed by atoms with E-state index >= 15 is 0 Å². The third-order valence-electron chi connectivity index (χ3n) is 5.03. The molecule has 1 aliphatic heterocycles. The Hall–Kier alpha value is -2.74. The van der Waals surface area contributed by atoms with E-state index in [1.165, 1.54) is 0 Å². The highest BCUT2D eigenvalue weighted by molar-refractivity contribution is 5.83. The van der Waals surface area contributed by atoms with Crippen molar-refractivity contribution in [1.82, 2.24) is 9.97 Å². The van der Waals surface area contributed by atoms with Crippen molar-refractivity contribution in [2.45, 2.75) is 25.7 Å². The summed E-state index contributed by atoms with van der Waals surface area (Å²) in [6, 6.07) is 11.4. The summed E-state index contributed by atoms with van der Waals surface area (Å²) < 4.78 is 0. The Labute approximate surface area is 156 Å². The zero-order valence-electron chi connectivity index (χ0n) is 14.9. The Balaban J connectivity index is 1.74. The standard InChI is InChI=1S/C20H22N4O3/c21-15-5-6-24(9-15)16-3-1-13(2-4-16)19-22-17-8-12(10-25)7-14(11-26)18(17)20(27)23-19/h1-4,7-8,15,25-26H,5-6,9-11,21H2,(H,22,23,27). The second-order valence-corrected chi connectivity index (χ2v) is 6.92. The zero-order valence-corrected chi connectivity index (χ0v) is 14.9. The van der Waals surface area contributed by atoms with Crippen molar-refractivity contribution >= 4 is 16.6 Å². The van der Waals surface area contributed by atoms with Gasteiger partial charge in [-0.05, 0) is 47.9 Å². The van der Waals surface area contributed by atoms with Crippen LogP contribution in [0.2, 0.25) is 0 Å². The van der Waals surface area contributed by atoms with Crippen molar-refractivity contribution in [3.05, 3.63) is 57.9 Å². The van der Waals surface area contributed by atoms with Gasteiger partial charge in [-0.3, -0.25) is 4.79 Å². The van der Waals surface area contributed by atoms with Crippen LogP contribution in [0.15, 0.2) is 41.2 Å². The van der Waals surface area contributed by atoms with Crippen LogP contribution in [-0.2, 0) is 13.2 Å². The first-order chi connectivity index (χ1) is 13.1. The molecular formula is C20H22N4O3. The van der Waals surface area contributed by atoms with E-state index in [4.69, 9.17) is 5.73 Å². The van der Waals surface area contributed by atoms with Crippen molar-refractivity contribution in [1.29, 1.82) is 0 Å². The third-order valence-corrected chi connectivity index (χ3v) is 5.03. The summed E-state index contributed by atoms with van der Waals surface area (Å²) in [7, 11) is 0. The molecule has 0 bridgehead atoms. The Kier molecular flexibility index (Phi) is 4.65. The van der Waals surface area contributed by atoms with Gasteiger partial charge in [0.15, 0.2) is 0 Å². The molecular weight excluding hydrogens is 344 g/mol. The molecule has 1 aromatic heterocycles. The molecule has 1 atom stereocenters. The van der Waals surface area contributed by atoms with Gasteiger partial charge < -0.3 is 25.8 Å². The van der Waals surface area contributed by atoms with E-state index in [1.54, 1.807) is 12.1 Å². The highest BCUT2D eigenvalue weighted by Crippen LogP contribution is 2.25. The van der Waals surface area contributed by atoms with Crippen LogP contribution in [0.3, 0.4) is 0 Å². The fourth-order valence-corrected chi connectivity index (χ4v) is 3.62. The maximum Gasteiger partial charge on any atom is 0.259 e. The van der Waals surface area contributed by atoms with Crippen molar-refractivity contribution in [2.75, 3.05) is 18.0 Å². The SMILES string of the molecule is NC1CCN(c2ccc(-c3nc4cc(CO)cc(CO)c4c(=O)[nH]3)cc2)C1. The molecule has 7 heteroatoms. The molecule has 1 unspecified atom stereocenters. The van der Waals surface area contributed by atoms with Crippen LogP contribution in [0.25, 0.3) is 22.3 Å². The fraction of sp³-hybridized carbons (Fsp3) is 0.300. The van der Waals surface area contributed by atoms with E-state index in [2.05, 4.69) is 14.9 Å². The molecule has 1 aliphatic rings. The largest absolute Gasteiger partial charge is 0.392 e. The maximum absolute atomic E-state index is 12.6. The summed E-state index contributed by atoms with van der Waals surface area (Å²) in [5.74, 6) is 0.455. The van der Waals surface area contributed by atoms with Crippen molar-refractivity contribution in [3.63, 3.8) is 0 Å². The molecule has 0 amide bonds. The molecule has 0 aliphatic carbocycles. The third kappa shape index (κ3) is 3.32. The van der Waals surface area contributed by atoms with Crippen LogP contribution >= 0.6 is 0 Å². The van der Waals surface area contributed by atoms with Gasteiger partial charge in [0.1, 0.15) is 5.82 Å². The number of aromatic amines is 1. The number of hydrogen-bond acceptors (Lipinski definition) is 6. The van der Waals surface area contributed by atoms with Crippen molar-refractivity contribution < 1.29 is 10.2 Å². The van der Waals surface area contributed by atoms with Gasteiger partial charge in [-0.15, -0.1) is 0 Å². The zero-order chi connectivity index (χ0) is 19.0.